The number of nitrogens with two attached hydrogens (primary N) is 1. The van der Waals surface area contributed by atoms with E-state index in [2.05, 4.69) is 4.74 Å². The summed E-state index contributed by atoms with van der Waals surface area (Å²) in [5, 5.41) is 8.37. The number of hydrogen-bond donors (Lipinski definition) is 2. The van der Waals surface area contributed by atoms with Crippen molar-refractivity contribution in [3.05, 3.63) is 0 Å². The van der Waals surface area contributed by atoms with Gasteiger partial charge in [0.05, 0.1) is 6.61 Å². The Labute approximate surface area is 81.0 Å². The third-order valence-corrected chi connectivity index (χ3v) is 1.41. The first-order chi connectivity index (χ1) is 6.47. The number of esters is 1. The molecule has 0 spiro atoms. The van der Waals surface area contributed by atoms with Gasteiger partial charge in [0.2, 0.25) is 0 Å². The van der Waals surface area contributed by atoms with E-state index in [1.807, 2.05) is 0 Å². The fourth-order valence-corrected chi connectivity index (χ4v) is 0.778. The first-order valence-electron chi connectivity index (χ1n) is 4.13. The molecular formula is C8H13NO5. The van der Waals surface area contributed by atoms with Gasteiger partial charge < -0.3 is 15.6 Å². The fraction of sp³-hybridized carbons (Fsp3) is 0.625. The van der Waals surface area contributed by atoms with E-state index < -0.39 is 30.2 Å². The molecule has 0 bridgehead atoms. The van der Waals surface area contributed by atoms with Crippen molar-refractivity contribution in [2.24, 2.45) is 5.73 Å². The SMILES string of the molecule is CCOC(=O)CC(=O)C[C@@H](N)C(=O)O. The van der Waals surface area contributed by atoms with Crippen LogP contribution < -0.4 is 5.73 Å². The second-order valence-corrected chi connectivity index (χ2v) is 2.67. The predicted molar refractivity (Wildman–Crippen MR) is 46.5 cm³/mol. The lowest BCUT2D eigenvalue weighted by Crippen LogP contribution is -2.33. The molecule has 0 aromatic carbocycles. The molecule has 0 aliphatic carbocycles. The third kappa shape index (κ3) is 5.26. The summed E-state index contributed by atoms with van der Waals surface area (Å²) in [6, 6.07) is -1.25. The van der Waals surface area contributed by atoms with Crippen LogP contribution in [0.3, 0.4) is 0 Å². The molecule has 14 heavy (non-hydrogen) atoms. The normalized spacial score (nSPS) is 11.9. The van der Waals surface area contributed by atoms with E-state index in [-0.39, 0.29) is 13.0 Å². The molecule has 3 N–H and O–H groups in total. The van der Waals surface area contributed by atoms with E-state index in [1.165, 1.54) is 0 Å². The lowest BCUT2D eigenvalue weighted by Gasteiger charge is -2.04. The number of carboxylic acids is 1. The fourth-order valence-electron chi connectivity index (χ4n) is 0.778. The van der Waals surface area contributed by atoms with Gasteiger partial charge in [-0.2, -0.15) is 0 Å². The number of carbonyl (C=O) groups excluding carboxylic acids is 2. The highest BCUT2D eigenvalue weighted by atomic mass is 16.5. The lowest BCUT2D eigenvalue weighted by atomic mass is 10.1. The topological polar surface area (TPSA) is 107 Å². The van der Waals surface area contributed by atoms with Crippen LogP contribution in [0.4, 0.5) is 0 Å². The van der Waals surface area contributed by atoms with Crippen molar-refractivity contribution in [1.29, 1.82) is 0 Å². The van der Waals surface area contributed by atoms with Crippen LogP contribution in [-0.2, 0) is 19.1 Å². The Bertz CT molecular complexity index is 238. The van der Waals surface area contributed by atoms with Gasteiger partial charge in [-0.15, -0.1) is 0 Å². The molecule has 0 aliphatic rings. The number of hydrogen-bond acceptors (Lipinski definition) is 5. The lowest BCUT2D eigenvalue weighted by molar-refractivity contribution is -0.147. The number of carbonyl (C=O) groups is 3. The zero-order valence-electron chi connectivity index (χ0n) is 7.86. The molecule has 0 radical (unpaired) electrons. The van der Waals surface area contributed by atoms with Crippen molar-refractivity contribution in [3.63, 3.8) is 0 Å². The molecule has 0 fully saturated rings. The minimum absolute atomic E-state index is 0.192. The number of Topliss-reactive ketones (excluding diaryl/α,β-unsaturated/α-hetero) is 1. The van der Waals surface area contributed by atoms with E-state index >= 15 is 0 Å². The van der Waals surface area contributed by atoms with Crippen LogP contribution in [-0.4, -0.2) is 35.5 Å². The van der Waals surface area contributed by atoms with Crippen LogP contribution in [0.5, 0.6) is 0 Å². The first kappa shape index (κ1) is 12.6. The van der Waals surface area contributed by atoms with Crippen molar-refractivity contribution in [2.75, 3.05) is 6.61 Å². The summed E-state index contributed by atoms with van der Waals surface area (Å²) in [6.07, 6.45) is -0.775. The second-order valence-electron chi connectivity index (χ2n) is 2.67. The van der Waals surface area contributed by atoms with Gasteiger partial charge in [-0.1, -0.05) is 0 Å². The van der Waals surface area contributed by atoms with Crippen molar-refractivity contribution >= 4 is 17.7 Å². The second kappa shape index (κ2) is 6.09. The number of ketones is 1. The first-order valence-corrected chi connectivity index (χ1v) is 4.13. The Kier molecular flexibility index (Phi) is 5.47. The van der Waals surface area contributed by atoms with Crippen LogP contribution in [0.1, 0.15) is 19.8 Å². The van der Waals surface area contributed by atoms with Gasteiger partial charge in [0, 0.05) is 6.42 Å². The number of aliphatic carboxylic acids is 1. The highest BCUT2D eigenvalue weighted by Gasteiger charge is 2.18. The molecular weight excluding hydrogens is 190 g/mol. The Morgan fingerprint density at radius 1 is 1.43 bits per heavy atom. The maximum absolute atomic E-state index is 11.0. The van der Waals surface area contributed by atoms with Crippen LogP contribution >= 0.6 is 0 Å². The average Bonchev–Trinajstić information content (AvgIpc) is 2.03. The molecule has 0 aromatic heterocycles. The molecule has 0 amide bonds. The summed E-state index contributed by atoms with van der Waals surface area (Å²) < 4.78 is 4.51. The molecule has 0 heterocycles. The molecule has 0 saturated heterocycles. The third-order valence-electron chi connectivity index (χ3n) is 1.41. The van der Waals surface area contributed by atoms with Crippen LogP contribution in [0, 0.1) is 0 Å². The van der Waals surface area contributed by atoms with E-state index in [0.717, 1.165) is 0 Å². The summed E-state index contributed by atoms with van der Waals surface area (Å²) in [4.78, 5) is 32.0. The van der Waals surface area contributed by atoms with E-state index in [4.69, 9.17) is 10.8 Å². The van der Waals surface area contributed by atoms with E-state index in [9.17, 15) is 14.4 Å². The van der Waals surface area contributed by atoms with Crippen molar-refractivity contribution in [3.8, 4) is 0 Å². The molecule has 1 atom stereocenters. The minimum Gasteiger partial charge on any atom is -0.480 e. The standard InChI is InChI=1S/C8H13NO5/c1-2-14-7(11)4-5(10)3-6(9)8(12)13/h6H,2-4,9H2,1H3,(H,12,13)/t6-/m1/s1. The summed E-state index contributed by atoms with van der Waals surface area (Å²) in [7, 11) is 0. The minimum atomic E-state index is -1.26. The van der Waals surface area contributed by atoms with Gasteiger partial charge in [0.25, 0.3) is 0 Å². The summed E-state index contributed by atoms with van der Waals surface area (Å²) in [5.41, 5.74) is 5.09. The van der Waals surface area contributed by atoms with Crippen molar-refractivity contribution < 1.29 is 24.2 Å². The van der Waals surface area contributed by atoms with Crippen molar-refractivity contribution in [2.45, 2.75) is 25.8 Å². The molecule has 0 unspecified atom stereocenters. The maximum atomic E-state index is 11.0. The molecule has 0 rings (SSSR count). The zero-order chi connectivity index (χ0) is 11.1. The molecule has 80 valence electrons. The molecule has 0 aliphatic heterocycles. The number of rotatable bonds is 6. The largest absolute Gasteiger partial charge is 0.480 e. The van der Waals surface area contributed by atoms with Crippen LogP contribution in [0.2, 0.25) is 0 Å². The molecule has 0 aromatic rings. The maximum Gasteiger partial charge on any atom is 0.320 e. The number of carboxylic acid groups (broad SMARTS) is 1. The smallest absolute Gasteiger partial charge is 0.320 e. The van der Waals surface area contributed by atoms with Gasteiger partial charge in [-0.3, -0.25) is 14.4 Å². The molecule has 6 heteroatoms. The summed E-state index contributed by atoms with van der Waals surface area (Å²) >= 11 is 0. The number of ether oxygens (including phenoxy) is 1. The van der Waals surface area contributed by atoms with Gasteiger partial charge in [-0.25, -0.2) is 0 Å². The summed E-state index contributed by atoms with van der Waals surface area (Å²) in [5.74, 6) is -2.45. The van der Waals surface area contributed by atoms with Gasteiger partial charge >= 0.3 is 11.9 Å². The zero-order valence-corrected chi connectivity index (χ0v) is 7.86. The highest BCUT2D eigenvalue weighted by Crippen LogP contribution is 1.96. The van der Waals surface area contributed by atoms with Crippen molar-refractivity contribution in [1.82, 2.24) is 0 Å². The summed E-state index contributed by atoms with van der Waals surface area (Å²) in [6.45, 7) is 1.81. The van der Waals surface area contributed by atoms with Gasteiger partial charge in [0.1, 0.15) is 18.2 Å². The Morgan fingerprint density at radius 3 is 2.43 bits per heavy atom. The monoisotopic (exact) mass is 203 g/mol. The average molecular weight is 203 g/mol. The van der Waals surface area contributed by atoms with Gasteiger partial charge in [0.15, 0.2) is 0 Å². The Balaban J connectivity index is 3.86. The van der Waals surface area contributed by atoms with E-state index in [0.29, 0.717) is 0 Å². The Hall–Kier alpha value is -1.43. The predicted octanol–water partition coefficient (Wildman–Crippen LogP) is -0.689. The van der Waals surface area contributed by atoms with Crippen LogP contribution in [0.25, 0.3) is 0 Å². The molecule has 0 saturated carbocycles. The van der Waals surface area contributed by atoms with Gasteiger partial charge in [-0.05, 0) is 6.92 Å². The highest BCUT2D eigenvalue weighted by molar-refractivity contribution is 5.97. The molecule has 6 nitrogen and oxygen atoms in total. The van der Waals surface area contributed by atoms with Crippen LogP contribution in [0.15, 0.2) is 0 Å². The Morgan fingerprint density at radius 2 is 2.00 bits per heavy atom. The quantitative estimate of drug-likeness (QED) is 0.437. The van der Waals surface area contributed by atoms with E-state index in [1.54, 1.807) is 6.92 Å².